The summed E-state index contributed by atoms with van der Waals surface area (Å²) < 4.78 is 5.34. The van der Waals surface area contributed by atoms with Crippen LogP contribution in [0.3, 0.4) is 0 Å². The number of phenols is 1. The molecule has 0 spiro atoms. The molecule has 9 heteroatoms. The fraction of sp³-hybridized carbons (Fsp3) is 0.385. The Balaban J connectivity index is 1.38. The van der Waals surface area contributed by atoms with E-state index in [0.717, 1.165) is 16.7 Å². The van der Waals surface area contributed by atoms with Gasteiger partial charge in [0.25, 0.3) is 5.91 Å². The zero-order chi connectivity index (χ0) is 34.2. The van der Waals surface area contributed by atoms with Gasteiger partial charge in [-0.3, -0.25) is 9.59 Å². The molecule has 0 bridgehead atoms. The molecule has 0 saturated carbocycles. The summed E-state index contributed by atoms with van der Waals surface area (Å²) in [7, 11) is 0. The fourth-order valence-corrected chi connectivity index (χ4v) is 7.00. The van der Waals surface area contributed by atoms with Crippen molar-refractivity contribution in [1.29, 1.82) is 0 Å². The molecule has 0 radical (unpaired) electrons. The van der Waals surface area contributed by atoms with Crippen molar-refractivity contribution in [3.8, 4) is 11.4 Å². The molecule has 3 atom stereocenters. The molecule has 9 nitrogen and oxygen atoms in total. The van der Waals surface area contributed by atoms with E-state index in [9.17, 15) is 14.7 Å². The minimum atomic E-state index is -0.686. The van der Waals surface area contributed by atoms with Crippen molar-refractivity contribution >= 4 is 22.8 Å². The van der Waals surface area contributed by atoms with Gasteiger partial charge >= 0.3 is 0 Å². The minimum Gasteiger partial charge on any atom is -0.505 e. The summed E-state index contributed by atoms with van der Waals surface area (Å²) in [6.07, 6.45) is 8.59. The van der Waals surface area contributed by atoms with E-state index >= 15 is 0 Å². The molecular weight excluding hydrogens is 602 g/mol. The standard InChI is InChI=1S/C39H45N5O4/c1-25-12-10-11-15-30(25)39(5,6)31-23-29(38(3,4)28-13-8-7-9-14-28)24-34(35(31)45)44-41-32-17-16-27(22-33(32)42-44)36(46)40-26(2)37(47)43-18-20-48-21-19-43/h7-17,22-26,30,45H,18-21H2,1-6H3,(H,40,46)/t25-,26?,30?/m0/s1. The molecule has 250 valence electrons. The van der Waals surface area contributed by atoms with E-state index in [1.807, 2.05) is 24.3 Å². The lowest BCUT2D eigenvalue weighted by Gasteiger charge is -2.39. The van der Waals surface area contributed by atoms with E-state index in [0.29, 0.717) is 48.6 Å². The maximum atomic E-state index is 13.2. The number of hydrogen-bond acceptors (Lipinski definition) is 6. The van der Waals surface area contributed by atoms with Crippen LogP contribution in [0.25, 0.3) is 16.7 Å². The Kier molecular flexibility index (Phi) is 9.00. The summed E-state index contributed by atoms with van der Waals surface area (Å²) in [5.41, 5.74) is 4.06. The number of nitrogens with one attached hydrogen (secondary N) is 1. The normalized spacial score (nSPS) is 19.0. The van der Waals surface area contributed by atoms with Crippen molar-refractivity contribution < 1.29 is 19.4 Å². The summed E-state index contributed by atoms with van der Waals surface area (Å²) in [6.45, 7) is 14.6. The van der Waals surface area contributed by atoms with Gasteiger partial charge in [0.1, 0.15) is 28.5 Å². The van der Waals surface area contributed by atoms with Crippen LogP contribution in [0, 0.1) is 11.8 Å². The SMILES string of the molecule is CC(NC(=O)c1ccc2nn(-c3cc(C(C)(C)c4ccccc4)cc(C(C)(C)C4C=CC=C[C@@H]4C)c3O)nc2c1)C(=O)N1CCOCC1. The topological polar surface area (TPSA) is 110 Å². The van der Waals surface area contributed by atoms with Gasteiger partial charge in [-0.1, -0.05) is 95.3 Å². The second-order valence-electron chi connectivity index (χ2n) is 14.1. The van der Waals surface area contributed by atoms with Crippen LogP contribution in [0.15, 0.2) is 85.0 Å². The van der Waals surface area contributed by atoms with Gasteiger partial charge in [-0.25, -0.2) is 0 Å². The van der Waals surface area contributed by atoms with Crippen molar-refractivity contribution in [2.45, 2.75) is 58.4 Å². The maximum Gasteiger partial charge on any atom is 0.251 e. The van der Waals surface area contributed by atoms with Crippen LogP contribution in [-0.4, -0.2) is 69.2 Å². The van der Waals surface area contributed by atoms with E-state index in [1.54, 1.807) is 30.0 Å². The first-order valence-corrected chi connectivity index (χ1v) is 16.7. The van der Waals surface area contributed by atoms with Gasteiger partial charge in [-0.15, -0.1) is 15.0 Å². The number of morpholine rings is 1. The molecule has 6 rings (SSSR count). The molecule has 2 heterocycles. The maximum absolute atomic E-state index is 13.2. The molecule has 1 saturated heterocycles. The van der Waals surface area contributed by atoms with E-state index in [1.165, 1.54) is 4.80 Å². The predicted molar refractivity (Wildman–Crippen MR) is 187 cm³/mol. The molecule has 2 aliphatic rings. The van der Waals surface area contributed by atoms with Crippen LogP contribution in [0.4, 0.5) is 0 Å². The number of phenolic OH excluding ortho intramolecular Hbond substituents is 1. The molecule has 4 aromatic rings. The second kappa shape index (κ2) is 13.0. The number of allylic oxidation sites excluding steroid dienone is 4. The van der Waals surface area contributed by atoms with Crippen LogP contribution in [0.1, 0.15) is 68.6 Å². The number of amides is 2. The third-order valence-electron chi connectivity index (χ3n) is 10.1. The molecule has 2 amide bonds. The zero-order valence-corrected chi connectivity index (χ0v) is 28.6. The molecular formula is C39H45N5O4. The number of carbonyl (C=O) groups excluding carboxylic acids is 2. The first-order chi connectivity index (χ1) is 22.9. The number of nitrogens with zero attached hydrogens (tertiary/aromatic N) is 4. The lowest BCUT2D eigenvalue weighted by molar-refractivity contribution is -0.136. The number of benzene rings is 3. The Labute approximate surface area is 282 Å². The van der Waals surface area contributed by atoms with Crippen molar-refractivity contribution in [3.05, 3.63) is 107 Å². The Morgan fingerprint density at radius 1 is 0.917 bits per heavy atom. The highest BCUT2D eigenvalue weighted by molar-refractivity contribution is 5.99. The monoisotopic (exact) mass is 647 g/mol. The third-order valence-corrected chi connectivity index (χ3v) is 10.1. The van der Waals surface area contributed by atoms with Gasteiger partial charge < -0.3 is 20.1 Å². The van der Waals surface area contributed by atoms with Gasteiger partial charge in [0.05, 0.1) is 13.2 Å². The number of aromatic hydroxyl groups is 1. The number of hydrogen-bond donors (Lipinski definition) is 2. The fourth-order valence-electron chi connectivity index (χ4n) is 7.00. The number of rotatable bonds is 8. The van der Waals surface area contributed by atoms with E-state index in [4.69, 9.17) is 14.9 Å². The van der Waals surface area contributed by atoms with Crippen LogP contribution in [0.5, 0.6) is 5.75 Å². The molecule has 1 aliphatic heterocycles. The molecule has 1 aliphatic carbocycles. The van der Waals surface area contributed by atoms with Gasteiger partial charge in [0, 0.05) is 35.0 Å². The lowest BCUT2D eigenvalue weighted by atomic mass is 9.65. The van der Waals surface area contributed by atoms with Crippen LogP contribution in [-0.2, 0) is 20.4 Å². The van der Waals surface area contributed by atoms with Crippen molar-refractivity contribution in [1.82, 2.24) is 25.2 Å². The quantitative estimate of drug-likeness (QED) is 0.240. The molecule has 1 fully saturated rings. The van der Waals surface area contributed by atoms with Gasteiger partial charge in [-0.05, 0) is 54.2 Å². The molecule has 2 unspecified atom stereocenters. The average molecular weight is 648 g/mol. The number of ether oxygens (including phenoxy) is 1. The molecule has 2 N–H and O–H groups in total. The predicted octanol–water partition coefficient (Wildman–Crippen LogP) is 6.09. The Bertz CT molecular complexity index is 1890. The number of fused-ring (bicyclic) bond motifs is 1. The Morgan fingerprint density at radius 2 is 1.60 bits per heavy atom. The zero-order valence-electron chi connectivity index (χ0n) is 28.6. The minimum absolute atomic E-state index is 0.122. The summed E-state index contributed by atoms with van der Waals surface area (Å²) in [5, 5.41) is 24.4. The molecule has 1 aromatic heterocycles. The largest absolute Gasteiger partial charge is 0.505 e. The summed E-state index contributed by atoms with van der Waals surface area (Å²) in [4.78, 5) is 29.3. The smallest absolute Gasteiger partial charge is 0.251 e. The highest BCUT2D eigenvalue weighted by Crippen LogP contribution is 2.47. The Hall–Kier alpha value is -4.76. The summed E-state index contributed by atoms with van der Waals surface area (Å²) in [5.74, 6) is 0.0413. The average Bonchev–Trinajstić information content (AvgIpc) is 3.52. The van der Waals surface area contributed by atoms with E-state index < -0.39 is 16.9 Å². The molecule has 3 aromatic carbocycles. The summed E-state index contributed by atoms with van der Waals surface area (Å²) in [6, 6.07) is 18.8. The van der Waals surface area contributed by atoms with E-state index in [-0.39, 0.29) is 29.4 Å². The van der Waals surface area contributed by atoms with E-state index in [2.05, 4.69) is 82.4 Å². The first-order valence-electron chi connectivity index (χ1n) is 16.7. The highest BCUT2D eigenvalue weighted by Gasteiger charge is 2.38. The van der Waals surface area contributed by atoms with Crippen LogP contribution in [0.2, 0.25) is 0 Å². The van der Waals surface area contributed by atoms with Gasteiger partial charge in [-0.2, -0.15) is 0 Å². The number of carbonyl (C=O) groups is 2. The first kappa shape index (κ1) is 33.2. The van der Waals surface area contributed by atoms with Crippen molar-refractivity contribution in [2.75, 3.05) is 26.3 Å². The van der Waals surface area contributed by atoms with Crippen molar-refractivity contribution in [3.63, 3.8) is 0 Å². The highest BCUT2D eigenvalue weighted by atomic mass is 16.5. The van der Waals surface area contributed by atoms with Crippen LogP contribution >= 0.6 is 0 Å². The third kappa shape index (κ3) is 6.27. The summed E-state index contributed by atoms with van der Waals surface area (Å²) >= 11 is 0. The number of aromatic nitrogens is 3. The van der Waals surface area contributed by atoms with Gasteiger partial charge in [0.2, 0.25) is 5.91 Å². The molecule has 48 heavy (non-hydrogen) atoms. The lowest BCUT2D eigenvalue weighted by Crippen LogP contribution is -2.50. The van der Waals surface area contributed by atoms with Gasteiger partial charge in [0.15, 0.2) is 0 Å². The Morgan fingerprint density at radius 3 is 2.31 bits per heavy atom. The second-order valence-corrected chi connectivity index (χ2v) is 14.1. The van der Waals surface area contributed by atoms with Crippen molar-refractivity contribution in [2.24, 2.45) is 11.8 Å². The van der Waals surface area contributed by atoms with Crippen LogP contribution < -0.4 is 5.32 Å².